The molecule has 1 unspecified atom stereocenters. The van der Waals surface area contributed by atoms with Gasteiger partial charge in [0, 0.05) is 22.8 Å². The first-order valence-corrected chi connectivity index (χ1v) is 9.22. The van der Waals surface area contributed by atoms with E-state index in [1.54, 1.807) is 12.2 Å². The zero-order chi connectivity index (χ0) is 20.6. The zero-order valence-electron chi connectivity index (χ0n) is 15.3. The Morgan fingerprint density at radius 1 is 1.14 bits per heavy atom. The first-order valence-electron chi connectivity index (χ1n) is 9.22. The minimum absolute atomic E-state index is 0.00384. The van der Waals surface area contributed by atoms with Crippen molar-refractivity contribution in [2.24, 2.45) is 10.9 Å². The van der Waals surface area contributed by atoms with Crippen molar-refractivity contribution in [3.63, 3.8) is 0 Å². The van der Waals surface area contributed by atoms with E-state index in [2.05, 4.69) is 15.0 Å². The standard InChI is InChI=1S/C21H17F3N2O3/c22-21(23,24)29-14-8-5-12(6-9-14)19(27)25-13-7-10-16-15-3-1-2-4-17(15)20(28)26-18(16)11-13/h5-11,16H,1-4H2,(H,26,28). The van der Waals surface area contributed by atoms with Gasteiger partial charge in [-0.25, -0.2) is 4.99 Å². The van der Waals surface area contributed by atoms with Crippen LogP contribution in [0.1, 0.15) is 36.0 Å². The lowest BCUT2D eigenvalue weighted by Crippen LogP contribution is -2.37. The first-order chi connectivity index (χ1) is 13.8. The lowest BCUT2D eigenvalue weighted by Gasteiger charge is -2.33. The van der Waals surface area contributed by atoms with E-state index in [0.717, 1.165) is 49.0 Å². The lowest BCUT2D eigenvalue weighted by atomic mass is 9.77. The van der Waals surface area contributed by atoms with Gasteiger partial charge in [0.1, 0.15) is 5.75 Å². The third kappa shape index (κ3) is 4.16. The van der Waals surface area contributed by atoms with Crippen LogP contribution in [0.25, 0.3) is 0 Å². The van der Waals surface area contributed by atoms with E-state index in [4.69, 9.17) is 0 Å². The van der Waals surface area contributed by atoms with Gasteiger partial charge in [-0.1, -0.05) is 6.08 Å². The SMILES string of the molecule is O=C1NC2=CC(=NC(=O)c3ccc(OC(F)(F)F)cc3)C=CC2C2=C1CCCC2. The van der Waals surface area contributed by atoms with Crippen molar-refractivity contribution in [1.82, 2.24) is 5.32 Å². The molecule has 5 nitrogen and oxygen atoms in total. The van der Waals surface area contributed by atoms with E-state index in [-0.39, 0.29) is 17.4 Å². The molecular weight excluding hydrogens is 385 g/mol. The Hall–Kier alpha value is -3.16. The summed E-state index contributed by atoms with van der Waals surface area (Å²) in [7, 11) is 0. The second kappa shape index (κ2) is 7.35. The molecule has 1 atom stereocenters. The fourth-order valence-corrected chi connectivity index (χ4v) is 3.80. The average molecular weight is 402 g/mol. The number of hydrogen-bond acceptors (Lipinski definition) is 3. The summed E-state index contributed by atoms with van der Waals surface area (Å²) >= 11 is 0. The van der Waals surface area contributed by atoms with Crippen molar-refractivity contribution in [1.29, 1.82) is 0 Å². The van der Waals surface area contributed by atoms with E-state index in [1.165, 1.54) is 12.1 Å². The molecule has 0 spiro atoms. The topological polar surface area (TPSA) is 67.8 Å². The van der Waals surface area contributed by atoms with Gasteiger partial charge in [-0.2, -0.15) is 0 Å². The second-order valence-electron chi connectivity index (χ2n) is 7.02. The van der Waals surface area contributed by atoms with E-state index >= 15 is 0 Å². The molecule has 150 valence electrons. The molecule has 2 aliphatic carbocycles. The molecule has 1 aromatic rings. The van der Waals surface area contributed by atoms with Crippen LogP contribution in [0.3, 0.4) is 0 Å². The predicted molar refractivity (Wildman–Crippen MR) is 99.2 cm³/mol. The number of fused-ring (bicyclic) bond motifs is 2. The number of nitrogens with one attached hydrogen (secondary N) is 1. The van der Waals surface area contributed by atoms with Gasteiger partial charge in [0.2, 0.25) is 0 Å². The maximum Gasteiger partial charge on any atom is 0.573 e. The summed E-state index contributed by atoms with van der Waals surface area (Å²) in [6, 6.07) is 4.56. The summed E-state index contributed by atoms with van der Waals surface area (Å²) in [5.41, 5.74) is 3.19. The second-order valence-corrected chi connectivity index (χ2v) is 7.02. The van der Waals surface area contributed by atoms with E-state index in [0.29, 0.717) is 11.4 Å². The lowest BCUT2D eigenvalue weighted by molar-refractivity contribution is -0.274. The van der Waals surface area contributed by atoms with Crippen LogP contribution < -0.4 is 10.1 Å². The van der Waals surface area contributed by atoms with E-state index in [9.17, 15) is 22.8 Å². The fourth-order valence-electron chi connectivity index (χ4n) is 3.80. The molecule has 1 N–H and O–H groups in total. The molecule has 0 radical (unpaired) electrons. The van der Waals surface area contributed by atoms with Gasteiger partial charge >= 0.3 is 6.36 Å². The maximum absolute atomic E-state index is 12.4. The average Bonchev–Trinajstić information content (AvgIpc) is 2.67. The van der Waals surface area contributed by atoms with Gasteiger partial charge < -0.3 is 10.1 Å². The number of halogens is 3. The Kier molecular flexibility index (Phi) is 4.86. The van der Waals surface area contributed by atoms with Gasteiger partial charge in [-0.15, -0.1) is 13.2 Å². The smallest absolute Gasteiger partial charge is 0.406 e. The molecule has 8 heteroatoms. The summed E-state index contributed by atoms with van der Waals surface area (Å²) in [6.45, 7) is 0. The molecule has 4 rings (SSSR count). The molecule has 0 fully saturated rings. The monoisotopic (exact) mass is 402 g/mol. The minimum atomic E-state index is -4.79. The number of nitrogens with zero attached hydrogens (tertiary/aromatic N) is 1. The third-order valence-corrected chi connectivity index (χ3v) is 5.08. The van der Waals surface area contributed by atoms with Crippen molar-refractivity contribution >= 4 is 17.5 Å². The Labute approximate surface area is 164 Å². The number of carbonyl (C=O) groups excluding carboxylic acids is 2. The van der Waals surface area contributed by atoms with Crippen LogP contribution in [0, 0.1) is 5.92 Å². The summed E-state index contributed by atoms with van der Waals surface area (Å²) < 4.78 is 40.4. The fraction of sp³-hybridized carbons (Fsp3) is 0.286. The molecule has 0 saturated heterocycles. The highest BCUT2D eigenvalue weighted by atomic mass is 19.4. The number of allylic oxidation sites excluding steroid dienone is 3. The van der Waals surface area contributed by atoms with Gasteiger partial charge in [-0.05, 0) is 67.7 Å². The Morgan fingerprint density at radius 3 is 2.59 bits per heavy atom. The quantitative estimate of drug-likeness (QED) is 0.805. The number of hydrogen-bond donors (Lipinski definition) is 1. The number of carbonyl (C=O) groups is 2. The van der Waals surface area contributed by atoms with Crippen LogP contribution in [0.2, 0.25) is 0 Å². The number of benzene rings is 1. The molecule has 3 aliphatic rings. The molecule has 0 saturated carbocycles. The molecule has 2 amide bonds. The summed E-state index contributed by atoms with van der Waals surface area (Å²) in [6.07, 6.45) is 4.25. The van der Waals surface area contributed by atoms with Crippen LogP contribution in [0.4, 0.5) is 13.2 Å². The van der Waals surface area contributed by atoms with Crippen LogP contribution in [0.15, 0.2) is 64.3 Å². The van der Waals surface area contributed by atoms with Crippen molar-refractivity contribution in [2.45, 2.75) is 32.0 Å². The number of ether oxygens (including phenoxy) is 1. The molecule has 1 heterocycles. The van der Waals surface area contributed by atoms with Gasteiger partial charge in [0.05, 0.1) is 5.71 Å². The number of rotatable bonds is 2. The molecule has 1 aromatic carbocycles. The minimum Gasteiger partial charge on any atom is -0.406 e. The van der Waals surface area contributed by atoms with Gasteiger partial charge in [-0.3, -0.25) is 9.59 Å². The number of amides is 2. The summed E-state index contributed by atoms with van der Waals surface area (Å²) in [4.78, 5) is 28.7. The Bertz CT molecular complexity index is 985. The van der Waals surface area contributed by atoms with E-state index < -0.39 is 18.0 Å². The maximum atomic E-state index is 12.4. The van der Waals surface area contributed by atoms with Crippen molar-refractivity contribution in [2.75, 3.05) is 0 Å². The number of alkyl halides is 3. The summed E-state index contributed by atoms with van der Waals surface area (Å²) in [5.74, 6) is -1.11. The van der Waals surface area contributed by atoms with Crippen molar-refractivity contribution < 1.29 is 27.5 Å². The van der Waals surface area contributed by atoms with E-state index in [1.807, 2.05) is 6.08 Å². The third-order valence-electron chi connectivity index (χ3n) is 5.08. The van der Waals surface area contributed by atoms with Crippen molar-refractivity contribution in [3.05, 3.63) is 64.9 Å². The van der Waals surface area contributed by atoms with Crippen LogP contribution in [-0.4, -0.2) is 23.9 Å². The summed E-state index contributed by atoms with van der Waals surface area (Å²) in [5, 5.41) is 2.89. The Balaban J connectivity index is 1.52. The molecular formula is C21H17F3N2O3. The normalized spacial score (nSPS) is 22.6. The molecule has 29 heavy (non-hydrogen) atoms. The van der Waals surface area contributed by atoms with Crippen LogP contribution in [0.5, 0.6) is 5.75 Å². The molecule has 1 aliphatic heterocycles. The van der Waals surface area contributed by atoms with Crippen LogP contribution >= 0.6 is 0 Å². The molecule has 0 bridgehead atoms. The van der Waals surface area contributed by atoms with Gasteiger partial charge in [0.25, 0.3) is 11.8 Å². The highest BCUT2D eigenvalue weighted by Crippen LogP contribution is 2.38. The molecule has 0 aromatic heterocycles. The highest BCUT2D eigenvalue weighted by Gasteiger charge is 2.33. The Morgan fingerprint density at radius 2 is 1.86 bits per heavy atom. The zero-order valence-corrected chi connectivity index (χ0v) is 15.3. The predicted octanol–water partition coefficient (Wildman–Crippen LogP) is 4.24. The van der Waals surface area contributed by atoms with Gasteiger partial charge in [0.15, 0.2) is 0 Å². The first kappa shape index (κ1) is 19.2. The van der Waals surface area contributed by atoms with Crippen molar-refractivity contribution in [3.8, 4) is 5.75 Å². The van der Waals surface area contributed by atoms with Crippen LogP contribution in [-0.2, 0) is 4.79 Å². The number of aliphatic imine (C=N–C) groups is 1. The highest BCUT2D eigenvalue weighted by molar-refractivity contribution is 6.14. The largest absolute Gasteiger partial charge is 0.573 e.